The van der Waals surface area contributed by atoms with Crippen LogP contribution in [0.5, 0.6) is 0 Å². The molecule has 9 heteroatoms. The zero-order valence-corrected chi connectivity index (χ0v) is 15.1. The largest absolute Gasteiger partial charge is 0.339 e. The van der Waals surface area contributed by atoms with E-state index >= 15 is 0 Å². The molecule has 3 aromatic rings. The fraction of sp³-hybridized carbons (Fsp3) is 0.312. The summed E-state index contributed by atoms with van der Waals surface area (Å²) in [6.07, 6.45) is 2.50. The summed E-state index contributed by atoms with van der Waals surface area (Å²) in [6.45, 7) is 2.72. The number of nitrogens with zero attached hydrogens (tertiary/aromatic N) is 4. The van der Waals surface area contributed by atoms with Gasteiger partial charge in [0.05, 0.1) is 5.92 Å². The molecule has 0 N–H and O–H groups in total. The van der Waals surface area contributed by atoms with E-state index in [9.17, 15) is 8.42 Å². The third-order valence-electron chi connectivity index (χ3n) is 4.11. The number of aromatic nitrogens is 3. The van der Waals surface area contributed by atoms with Gasteiger partial charge < -0.3 is 4.52 Å². The molecule has 0 atom stereocenters. The van der Waals surface area contributed by atoms with Crippen molar-refractivity contribution >= 4 is 21.4 Å². The van der Waals surface area contributed by atoms with Crippen molar-refractivity contribution < 1.29 is 12.9 Å². The monoisotopic (exact) mass is 376 g/mol. The van der Waals surface area contributed by atoms with Crippen LogP contribution < -0.4 is 0 Å². The Bertz CT molecular complexity index is 976. The second-order valence-corrected chi connectivity index (χ2v) is 9.10. The van der Waals surface area contributed by atoms with E-state index in [0.29, 0.717) is 34.7 Å². The number of aryl methyl sites for hydroxylation is 1. The molecule has 4 heterocycles. The van der Waals surface area contributed by atoms with E-state index in [2.05, 4.69) is 15.1 Å². The molecule has 4 rings (SSSR count). The average Bonchev–Trinajstić information content (AvgIpc) is 3.24. The van der Waals surface area contributed by atoms with Gasteiger partial charge in [0.25, 0.3) is 10.0 Å². The summed E-state index contributed by atoms with van der Waals surface area (Å²) in [6, 6.07) is 9.01. The highest BCUT2D eigenvalue weighted by Crippen LogP contribution is 2.34. The van der Waals surface area contributed by atoms with Gasteiger partial charge in [-0.15, -0.1) is 11.3 Å². The van der Waals surface area contributed by atoms with Crippen molar-refractivity contribution in [3.05, 3.63) is 47.3 Å². The van der Waals surface area contributed by atoms with E-state index in [-0.39, 0.29) is 5.92 Å². The summed E-state index contributed by atoms with van der Waals surface area (Å²) in [5, 5.41) is 3.93. The van der Waals surface area contributed by atoms with Crippen molar-refractivity contribution in [1.29, 1.82) is 0 Å². The second kappa shape index (κ2) is 6.32. The van der Waals surface area contributed by atoms with Crippen molar-refractivity contribution in [3.8, 4) is 11.5 Å². The maximum atomic E-state index is 12.6. The first kappa shape index (κ1) is 16.4. The second-order valence-electron chi connectivity index (χ2n) is 5.76. The van der Waals surface area contributed by atoms with E-state index in [1.54, 1.807) is 18.3 Å². The maximum Gasteiger partial charge on any atom is 0.252 e. The molecule has 1 saturated heterocycles. The molecular formula is C16H16N4O3S2. The van der Waals surface area contributed by atoms with Crippen LogP contribution in [0.3, 0.4) is 0 Å². The predicted molar refractivity (Wildman–Crippen MR) is 92.7 cm³/mol. The highest BCUT2D eigenvalue weighted by atomic mass is 32.2. The van der Waals surface area contributed by atoms with Gasteiger partial charge in [-0.3, -0.25) is 4.98 Å². The Hall–Kier alpha value is -2.10. The van der Waals surface area contributed by atoms with E-state index in [1.807, 2.05) is 25.1 Å². The SMILES string of the molecule is CCc1ccc(S(=O)(=O)N2CC(c3nc(-c4ccccn4)no3)C2)s1. The van der Waals surface area contributed by atoms with Crippen LogP contribution in [0.25, 0.3) is 11.5 Å². The first-order chi connectivity index (χ1) is 12.1. The summed E-state index contributed by atoms with van der Waals surface area (Å²) in [5.74, 6) is 0.792. The van der Waals surface area contributed by atoms with Gasteiger partial charge in [-0.2, -0.15) is 9.29 Å². The van der Waals surface area contributed by atoms with Crippen molar-refractivity contribution in [3.63, 3.8) is 0 Å². The van der Waals surface area contributed by atoms with Crippen molar-refractivity contribution in [2.75, 3.05) is 13.1 Å². The van der Waals surface area contributed by atoms with E-state index in [1.165, 1.54) is 15.6 Å². The Balaban J connectivity index is 1.46. The Morgan fingerprint density at radius 1 is 1.28 bits per heavy atom. The van der Waals surface area contributed by atoms with Crippen LogP contribution in [0.1, 0.15) is 23.6 Å². The van der Waals surface area contributed by atoms with E-state index < -0.39 is 10.0 Å². The number of hydrogen-bond donors (Lipinski definition) is 0. The topological polar surface area (TPSA) is 89.2 Å². The Morgan fingerprint density at radius 3 is 2.80 bits per heavy atom. The third-order valence-corrected chi connectivity index (χ3v) is 7.64. The fourth-order valence-corrected chi connectivity index (χ4v) is 5.59. The average molecular weight is 376 g/mol. The zero-order chi connectivity index (χ0) is 17.4. The van der Waals surface area contributed by atoms with Crippen LogP contribution >= 0.6 is 11.3 Å². The molecule has 0 spiro atoms. The summed E-state index contributed by atoms with van der Waals surface area (Å²) >= 11 is 1.33. The van der Waals surface area contributed by atoms with Crippen molar-refractivity contribution in [2.45, 2.75) is 23.5 Å². The number of sulfonamides is 1. The summed E-state index contributed by atoms with van der Waals surface area (Å²) in [7, 11) is -3.43. The van der Waals surface area contributed by atoms with Crippen LogP contribution in [0, 0.1) is 0 Å². The molecule has 0 unspecified atom stereocenters. The molecule has 25 heavy (non-hydrogen) atoms. The fourth-order valence-electron chi connectivity index (χ4n) is 2.60. The van der Waals surface area contributed by atoms with Crippen molar-refractivity contribution in [2.24, 2.45) is 0 Å². The smallest absolute Gasteiger partial charge is 0.252 e. The lowest BCUT2D eigenvalue weighted by atomic mass is 10.0. The highest BCUT2D eigenvalue weighted by Gasteiger charge is 2.41. The van der Waals surface area contributed by atoms with Gasteiger partial charge in [0.15, 0.2) is 0 Å². The standard InChI is InChI=1S/C16H16N4O3S2/c1-2-12-6-7-14(24-12)25(21,22)20-9-11(10-20)16-18-15(19-23-16)13-5-3-4-8-17-13/h3-8,11H,2,9-10H2,1H3. The molecule has 1 aliphatic rings. The minimum Gasteiger partial charge on any atom is -0.339 e. The molecule has 0 amide bonds. The van der Waals surface area contributed by atoms with Crippen LogP contribution in [-0.2, 0) is 16.4 Å². The summed E-state index contributed by atoms with van der Waals surface area (Å²) < 4.78 is 32.3. The normalized spacial score (nSPS) is 16.0. The van der Waals surface area contributed by atoms with Gasteiger partial charge in [0, 0.05) is 24.2 Å². The minimum atomic E-state index is -3.43. The molecule has 0 saturated carbocycles. The molecule has 0 aliphatic carbocycles. The lowest BCUT2D eigenvalue weighted by Gasteiger charge is -2.35. The Morgan fingerprint density at radius 2 is 2.12 bits per heavy atom. The van der Waals surface area contributed by atoms with Gasteiger partial charge in [-0.1, -0.05) is 18.1 Å². The first-order valence-electron chi connectivity index (χ1n) is 7.92. The number of hydrogen-bond acceptors (Lipinski definition) is 7. The summed E-state index contributed by atoms with van der Waals surface area (Å²) in [5.41, 5.74) is 0.631. The number of rotatable bonds is 5. The quantitative estimate of drug-likeness (QED) is 0.680. The molecular weight excluding hydrogens is 360 g/mol. The van der Waals surface area contributed by atoms with Crippen LogP contribution in [-0.4, -0.2) is 40.9 Å². The molecule has 0 radical (unpaired) electrons. The lowest BCUT2D eigenvalue weighted by Crippen LogP contribution is -2.48. The summed E-state index contributed by atoms with van der Waals surface area (Å²) in [4.78, 5) is 9.59. The van der Waals surface area contributed by atoms with E-state index in [0.717, 1.165) is 11.3 Å². The zero-order valence-electron chi connectivity index (χ0n) is 13.5. The predicted octanol–water partition coefficient (Wildman–Crippen LogP) is 2.54. The molecule has 0 bridgehead atoms. The van der Waals surface area contributed by atoms with Crippen LogP contribution in [0.4, 0.5) is 0 Å². The van der Waals surface area contributed by atoms with E-state index in [4.69, 9.17) is 4.52 Å². The van der Waals surface area contributed by atoms with Gasteiger partial charge in [0.2, 0.25) is 11.7 Å². The maximum absolute atomic E-state index is 12.6. The van der Waals surface area contributed by atoms with Gasteiger partial charge >= 0.3 is 0 Å². The van der Waals surface area contributed by atoms with Gasteiger partial charge in [0.1, 0.15) is 9.90 Å². The number of thiophene rings is 1. The van der Waals surface area contributed by atoms with Crippen molar-refractivity contribution in [1.82, 2.24) is 19.4 Å². The molecule has 1 fully saturated rings. The first-order valence-corrected chi connectivity index (χ1v) is 10.2. The van der Waals surface area contributed by atoms with Gasteiger partial charge in [-0.05, 0) is 30.7 Å². The highest BCUT2D eigenvalue weighted by molar-refractivity contribution is 7.91. The van der Waals surface area contributed by atoms with Crippen LogP contribution in [0.2, 0.25) is 0 Å². The molecule has 7 nitrogen and oxygen atoms in total. The minimum absolute atomic E-state index is 0.0784. The Kier molecular flexibility index (Phi) is 4.14. The Labute approximate surface area is 149 Å². The van der Waals surface area contributed by atoms with Gasteiger partial charge in [-0.25, -0.2) is 8.42 Å². The molecule has 130 valence electrons. The molecule has 1 aliphatic heterocycles. The number of pyridine rings is 1. The molecule has 3 aromatic heterocycles. The van der Waals surface area contributed by atoms with Crippen LogP contribution in [0.15, 0.2) is 45.3 Å². The molecule has 0 aromatic carbocycles. The third kappa shape index (κ3) is 2.99. The lowest BCUT2D eigenvalue weighted by molar-refractivity contribution is 0.217.